The lowest BCUT2D eigenvalue weighted by atomic mass is 9.75. The van der Waals surface area contributed by atoms with Gasteiger partial charge in [-0.3, -0.25) is 4.79 Å². The van der Waals surface area contributed by atoms with Gasteiger partial charge in [-0.05, 0) is 37.3 Å². The topological polar surface area (TPSA) is 59.2 Å². The molecule has 2 aromatic heterocycles. The molecule has 1 saturated carbocycles. The first-order valence-electron chi connectivity index (χ1n) is 10.5. The number of nitrogens with zero attached hydrogens (tertiary/aromatic N) is 3. The second-order valence-electron chi connectivity index (χ2n) is 9.28. The maximum Gasteiger partial charge on any atom is 0.232 e. The molecule has 0 radical (unpaired) electrons. The van der Waals surface area contributed by atoms with Gasteiger partial charge in [0.2, 0.25) is 5.91 Å². The van der Waals surface area contributed by atoms with Crippen LogP contribution in [0.5, 0.6) is 0 Å². The third-order valence-electron chi connectivity index (χ3n) is 6.66. The summed E-state index contributed by atoms with van der Waals surface area (Å²) in [7, 11) is 1.87. The molecule has 2 aromatic rings. The van der Waals surface area contributed by atoms with Gasteiger partial charge >= 0.3 is 0 Å². The molecule has 2 aliphatic rings. The normalized spacial score (nSPS) is 23.5. The van der Waals surface area contributed by atoms with E-state index in [0.717, 1.165) is 35.8 Å². The molecule has 1 aliphatic heterocycles. The molecule has 2 atom stereocenters. The van der Waals surface area contributed by atoms with E-state index in [4.69, 9.17) is 9.40 Å². The van der Waals surface area contributed by atoms with Crippen molar-refractivity contribution in [1.29, 1.82) is 0 Å². The Morgan fingerprint density at radius 1 is 1.32 bits per heavy atom. The number of hydrogen-bond acceptors (Lipinski definition) is 4. The van der Waals surface area contributed by atoms with E-state index in [1.807, 2.05) is 25.4 Å². The summed E-state index contributed by atoms with van der Waals surface area (Å²) in [6, 6.07) is 3.92. The van der Waals surface area contributed by atoms with Crippen LogP contribution in [-0.4, -0.2) is 22.9 Å². The van der Waals surface area contributed by atoms with E-state index in [1.165, 1.54) is 25.7 Å². The van der Waals surface area contributed by atoms with E-state index >= 15 is 0 Å². The van der Waals surface area contributed by atoms with Gasteiger partial charge in [0.25, 0.3) is 0 Å². The third kappa shape index (κ3) is 3.47. The average Bonchev–Trinajstić information content (AvgIpc) is 3.37. The van der Waals surface area contributed by atoms with Crippen LogP contribution in [-0.2, 0) is 11.2 Å². The first kappa shape index (κ1) is 19.2. The van der Waals surface area contributed by atoms with E-state index in [2.05, 4.69) is 25.8 Å². The van der Waals surface area contributed by atoms with Crippen LogP contribution in [0.15, 0.2) is 29.0 Å². The Kier molecular flexibility index (Phi) is 5.02. The van der Waals surface area contributed by atoms with Gasteiger partial charge in [0.05, 0.1) is 23.8 Å². The first-order chi connectivity index (χ1) is 13.4. The van der Waals surface area contributed by atoms with Crippen LogP contribution >= 0.6 is 0 Å². The number of hydrogen-bond donors (Lipinski definition) is 0. The zero-order chi connectivity index (χ0) is 19.9. The SMILES string of the molecule is CC(Cc1ncc2c(n1)C(C1CCCC1)CC(C)(C)C(=O)N2C)c1ccco1. The molecule has 0 bridgehead atoms. The summed E-state index contributed by atoms with van der Waals surface area (Å²) >= 11 is 0. The minimum Gasteiger partial charge on any atom is -0.469 e. The quantitative estimate of drug-likeness (QED) is 0.741. The Morgan fingerprint density at radius 3 is 2.75 bits per heavy atom. The van der Waals surface area contributed by atoms with Crippen molar-refractivity contribution < 1.29 is 9.21 Å². The Morgan fingerprint density at radius 2 is 2.07 bits per heavy atom. The molecule has 150 valence electrons. The number of fused-ring (bicyclic) bond motifs is 1. The minimum absolute atomic E-state index is 0.162. The molecular formula is C23H31N3O2. The molecule has 0 spiro atoms. The van der Waals surface area contributed by atoms with Crippen molar-refractivity contribution in [2.24, 2.45) is 11.3 Å². The lowest BCUT2D eigenvalue weighted by Crippen LogP contribution is -2.37. The van der Waals surface area contributed by atoms with Crippen molar-refractivity contribution in [3.05, 3.63) is 41.9 Å². The van der Waals surface area contributed by atoms with Gasteiger partial charge < -0.3 is 9.32 Å². The van der Waals surface area contributed by atoms with Gasteiger partial charge in [0.1, 0.15) is 11.6 Å². The number of furan rings is 1. The fourth-order valence-corrected chi connectivity index (χ4v) is 5.05. The summed E-state index contributed by atoms with van der Waals surface area (Å²) in [5, 5.41) is 0. The minimum atomic E-state index is -0.385. The van der Waals surface area contributed by atoms with Gasteiger partial charge in [-0.15, -0.1) is 0 Å². The number of carbonyl (C=O) groups excluding carboxylic acids is 1. The fraction of sp³-hybridized carbons (Fsp3) is 0.609. The van der Waals surface area contributed by atoms with Crippen molar-refractivity contribution in [2.75, 3.05) is 11.9 Å². The van der Waals surface area contributed by atoms with E-state index in [-0.39, 0.29) is 17.2 Å². The molecule has 2 unspecified atom stereocenters. The zero-order valence-corrected chi connectivity index (χ0v) is 17.4. The predicted octanol–water partition coefficient (Wildman–Crippen LogP) is 5.08. The molecule has 1 aliphatic carbocycles. The third-order valence-corrected chi connectivity index (χ3v) is 6.66. The Hall–Kier alpha value is -2.17. The lowest BCUT2D eigenvalue weighted by Gasteiger charge is -2.29. The monoisotopic (exact) mass is 381 g/mol. The summed E-state index contributed by atoms with van der Waals surface area (Å²) in [6.45, 7) is 6.29. The number of rotatable bonds is 4. The zero-order valence-electron chi connectivity index (χ0n) is 17.4. The predicted molar refractivity (Wildman–Crippen MR) is 109 cm³/mol. The van der Waals surface area contributed by atoms with Crippen LogP contribution in [0, 0.1) is 11.3 Å². The second-order valence-corrected chi connectivity index (χ2v) is 9.28. The highest BCUT2D eigenvalue weighted by Gasteiger charge is 2.43. The molecule has 1 amide bonds. The highest BCUT2D eigenvalue weighted by Crippen LogP contribution is 2.48. The lowest BCUT2D eigenvalue weighted by molar-refractivity contribution is -0.126. The molecule has 5 heteroatoms. The number of aromatic nitrogens is 2. The van der Waals surface area contributed by atoms with Crippen LogP contribution in [0.1, 0.15) is 82.0 Å². The maximum absolute atomic E-state index is 13.1. The Labute approximate surface area is 167 Å². The maximum atomic E-state index is 13.1. The fourth-order valence-electron chi connectivity index (χ4n) is 5.05. The summed E-state index contributed by atoms with van der Waals surface area (Å²) in [5.74, 6) is 3.12. The van der Waals surface area contributed by atoms with Crippen molar-refractivity contribution in [2.45, 2.75) is 71.1 Å². The van der Waals surface area contributed by atoms with Gasteiger partial charge in [0, 0.05) is 30.7 Å². The van der Waals surface area contributed by atoms with Crippen molar-refractivity contribution in [3.63, 3.8) is 0 Å². The van der Waals surface area contributed by atoms with Gasteiger partial charge in [-0.2, -0.15) is 0 Å². The summed E-state index contributed by atoms with van der Waals surface area (Å²) < 4.78 is 5.55. The number of carbonyl (C=O) groups is 1. The summed E-state index contributed by atoms with van der Waals surface area (Å²) in [5.41, 5.74) is 1.58. The molecule has 5 nitrogen and oxygen atoms in total. The largest absolute Gasteiger partial charge is 0.469 e. The van der Waals surface area contributed by atoms with E-state index in [1.54, 1.807) is 11.2 Å². The van der Waals surface area contributed by atoms with E-state index in [9.17, 15) is 4.79 Å². The molecule has 28 heavy (non-hydrogen) atoms. The molecule has 0 aromatic carbocycles. The van der Waals surface area contributed by atoms with Crippen LogP contribution < -0.4 is 4.90 Å². The van der Waals surface area contributed by atoms with Gasteiger partial charge in [0.15, 0.2) is 0 Å². The van der Waals surface area contributed by atoms with Crippen LogP contribution in [0.4, 0.5) is 5.69 Å². The molecule has 3 heterocycles. The van der Waals surface area contributed by atoms with Gasteiger partial charge in [-0.1, -0.05) is 33.6 Å². The van der Waals surface area contributed by atoms with Crippen LogP contribution in [0.2, 0.25) is 0 Å². The van der Waals surface area contributed by atoms with Crippen molar-refractivity contribution in [1.82, 2.24) is 9.97 Å². The number of anilines is 1. The Balaban J connectivity index is 1.71. The molecular weight excluding hydrogens is 350 g/mol. The highest BCUT2D eigenvalue weighted by atomic mass is 16.3. The molecule has 1 fully saturated rings. The van der Waals surface area contributed by atoms with Gasteiger partial charge in [-0.25, -0.2) is 9.97 Å². The highest BCUT2D eigenvalue weighted by molar-refractivity contribution is 5.97. The average molecular weight is 382 g/mol. The van der Waals surface area contributed by atoms with Crippen LogP contribution in [0.25, 0.3) is 0 Å². The molecule has 0 saturated heterocycles. The van der Waals surface area contributed by atoms with Crippen LogP contribution in [0.3, 0.4) is 0 Å². The number of amides is 1. The standard InChI is InChI=1S/C23H31N3O2/c1-15(19-10-7-11-28-19)12-20-24-14-18-21(25-20)17(16-8-5-6-9-16)13-23(2,3)22(27)26(18)4/h7,10-11,14-17H,5-6,8-9,12-13H2,1-4H3. The first-order valence-corrected chi connectivity index (χ1v) is 10.5. The molecule has 0 N–H and O–H groups in total. The van der Waals surface area contributed by atoms with E-state index < -0.39 is 0 Å². The smallest absolute Gasteiger partial charge is 0.232 e. The van der Waals surface area contributed by atoms with Crippen molar-refractivity contribution in [3.8, 4) is 0 Å². The molecule has 4 rings (SSSR count). The van der Waals surface area contributed by atoms with E-state index in [0.29, 0.717) is 11.8 Å². The summed E-state index contributed by atoms with van der Waals surface area (Å²) in [4.78, 5) is 24.5. The Bertz CT molecular complexity index is 838. The summed E-state index contributed by atoms with van der Waals surface area (Å²) in [6.07, 6.45) is 10.2. The second kappa shape index (κ2) is 7.34. The van der Waals surface area contributed by atoms with Crippen molar-refractivity contribution >= 4 is 11.6 Å².